The third kappa shape index (κ3) is 7.80. The molecule has 0 saturated heterocycles. The quantitative estimate of drug-likeness (QED) is 0.144. The Hall–Kier alpha value is -6.84. The van der Waals surface area contributed by atoms with E-state index in [0.717, 1.165) is 46.2 Å². The molecule has 8 aromatic carbocycles. The van der Waals surface area contributed by atoms with Gasteiger partial charge in [-0.2, -0.15) is 0 Å². The van der Waals surface area contributed by atoms with E-state index in [-0.39, 0.29) is 0 Å². The highest BCUT2D eigenvalue weighted by atomic mass is 15.1. The zero-order valence-electron chi connectivity index (χ0n) is 28.9. The molecule has 0 atom stereocenters. The molecule has 0 unspecified atom stereocenters. The minimum atomic E-state index is 0.819. The van der Waals surface area contributed by atoms with E-state index in [0.29, 0.717) is 0 Å². The van der Waals surface area contributed by atoms with E-state index in [1.165, 1.54) is 33.4 Å². The van der Waals surface area contributed by atoms with Crippen molar-refractivity contribution in [2.75, 3.05) is 15.5 Å². The van der Waals surface area contributed by atoms with E-state index >= 15 is 0 Å². The zero-order chi connectivity index (χ0) is 35.0. The van der Waals surface area contributed by atoms with Crippen LogP contribution >= 0.6 is 0 Å². The number of anilines is 7. The van der Waals surface area contributed by atoms with Gasteiger partial charge in [-0.15, -0.1) is 0 Å². The Labute approximate surface area is 306 Å². The fourth-order valence-electron chi connectivity index (χ4n) is 6.60. The van der Waals surface area contributed by atoms with Crippen LogP contribution in [0.25, 0.3) is 22.3 Å². The Morgan fingerprint density at radius 1 is 0.288 bits per heavy atom. The number of hydrogen-bond donors (Lipinski definition) is 2. The molecule has 0 heterocycles. The summed E-state index contributed by atoms with van der Waals surface area (Å²) in [6, 6.07) is 75.1. The summed E-state index contributed by atoms with van der Waals surface area (Å²) >= 11 is 0. The molecule has 8 aromatic rings. The first-order chi connectivity index (χ1) is 25.7. The molecule has 250 valence electrons. The van der Waals surface area contributed by atoms with Crippen LogP contribution in [-0.2, 0) is 6.42 Å². The third-order valence-corrected chi connectivity index (χ3v) is 9.19. The number of rotatable bonds is 11. The fourth-order valence-corrected chi connectivity index (χ4v) is 6.60. The van der Waals surface area contributed by atoms with Gasteiger partial charge in [0.05, 0.1) is 0 Å². The average Bonchev–Trinajstić information content (AvgIpc) is 3.21. The molecule has 0 bridgehead atoms. The molecular formula is C49H39N3. The Morgan fingerprint density at radius 2 is 0.654 bits per heavy atom. The summed E-state index contributed by atoms with van der Waals surface area (Å²) in [6.45, 7) is 0. The SMILES string of the molecule is c1ccc(Nc2ccc(-c3cc(Cc4ccc(N(c5ccccc5)c5ccccc5)cc4)cc(-c4ccc(Nc5ccccc5)cc4)c3)cc2)cc1. The maximum Gasteiger partial charge on any atom is 0.0461 e. The van der Waals surface area contributed by atoms with Gasteiger partial charge in [-0.25, -0.2) is 0 Å². The van der Waals surface area contributed by atoms with Crippen LogP contribution < -0.4 is 15.5 Å². The summed E-state index contributed by atoms with van der Waals surface area (Å²) in [5.74, 6) is 0. The molecule has 0 aliphatic carbocycles. The van der Waals surface area contributed by atoms with Gasteiger partial charge < -0.3 is 15.5 Å². The van der Waals surface area contributed by atoms with E-state index in [9.17, 15) is 0 Å². The predicted octanol–water partition coefficient (Wildman–Crippen LogP) is 13.6. The van der Waals surface area contributed by atoms with Crippen LogP contribution in [0.4, 0.5) is 39.8 Å². The summed E-state index contributed by atoms with van der Waals surface area (Å²) in [5.41, 5.74) is 15.0. The highest BCUT2D eigenvalue weighted by Crippen LogP contribution is 2.35. The highest BCUT2D eigenvalue weighted by molar-refractivity contribution is 5.78. The summed E-state index contributed by atoms with van der Waals surface area (Å²) in [7, 11) is 0. The molecule has 0 aliphatic rings. The molecule has 0 radical (unpaired) electrons. The molecule has 52 heavy (non-hydrogen) atoms. The Bertz CT molecular complexity index is 2180. The monoisotopic (exact) mass is 669 g/mol. The van der Waals surface area contributed by atoms with Crippen molar-refractivity contribution in [1.82, 2.24) is 0 Å². The molecule has 0 spiro atoms. The Kier molecular flexibility index (Phi) is 9.57. The number of hydrogen-bond acceptors (Lipinski definition) is 3. The number of nitrogens with zero attached hydrogens (tertiary/aromatic N) is 1. The lowest BCUT2D eigenvalue weighted by Gasteiger charge is -2.25. The topological polar surface area (TPSA) is 27.3 Å². The standard InChI is InChI=1S/C49H39N3/c1-5-13-43(14-6-1)50-45-27-23-39(24-28-45)41-34-38(35-42(36-41)40-25-29-46(30-26-40)51-44-15-7-2-8-16-44)33-37-21-31-49(32-22-37)52(47-17-9-3-10-18-47)48-19-11-4-12-20-48/h1-32,34-36,50-51H,33H2. The average molecular weight is 670 g/mol. The van der Waals surface area contributed by atoms with Crippen molar-refractivity contribution in [2.24, 2.45) is 0 Å². The molecule has 0 saturated carbocycles. The second-order valence-electron chi connectivity index (χ2n) is 12.9. The van der Waals surface area contributed by atoms with E-state index in [1.54, 1.807) is 0 Å². The van der Waals surface area contributed by atoms with Crippen LogP contribution in [-0.4, -0.2) is 0 Å². The lowest BCUT2D eigenvalue weighted by Crippen LogP contribution is -2.09. The minimum absolute atomic E-state index is 0.819. The maximum atomic E-state index is 3.51. The molecule has 3 heteroatoms. The number of benzene rings is 8. The Morgan fingerprint density at radius 3 is 1.08 bits per heavy atom. The van der Waals surface area contributed by atoms with Gasteiger partial charge in [-0.05, 0) is 131 Å². The van der Waals surface area contributed by atoms with Crippen molar-refractivity contribution in [1.29, 1.82) is 0 Å². The summed E-state index contributed by atoms with van der Waals surface area (Å²) in [4.78, 5) is 2.30. The second kappa shape index (κ2) is 15.4. The van der Waals surface area contributed by atoms with Gasteiger partial charge >= 0.3 is 0 Å². The van der Waals surface area contributed by atoms with Crippen molar-refractivity contribution in [3.8, 4) is 22.3 Å². The smallest absolute Gasteiger partial charge is 0.0461 e. The molecule has 0 amide bonds. The number of para-hydroxylation sites is 4. The van der Waals surface area contributed by atoms with Crippen molar-refractivity contribution in [3.05, 3.63) is 223 Å². The van der Waals surface area contributed by atoms with Crippen LogP contribution in [0.3, 0.4) is 0 Å². The molecule has 0 fully saturated rings. The Balaban J connectivity index is 1.10. The molecule has 0 aromatic heterocycles. The van der Waals surface area contributed by atoms with Gasteiger partial charge in [0.15, 0.2) is 0 Å². The van der Waals surface area contributed by atoms with E-state index in [1.807, 2.05) is 36.4 Å². The van der Waals surface area contributed by atoms with Crippen LogP contribution in [0.15, 0.2) is 212 Å². The van der Waals surface area contributed by atoms with Crippen molar-refractivity contribution in [2.45, 2.75) is 6.42 Å². The fraction of sp³-hybridized carbons (Fsp3) is 0.0204. The first kappa shape index (κ1) is 32.4. The van der Waals surface area contributed by atoms with Crippen LogP contribution in [0, 0.1) is 0 Å². The van der Waals surface area contributed by atoms with Crippen molar-refractivity contribution in [3.63, 3.8) is 0 Å². The van der Waals surface area contributed by atoms with E-state index in [4.69, 9.17) is 0 Å². The van der Waals surface area contributed by atoms with Gasteiger partial charge in [0.2, 0.25) is 0 Å². The highest BCUT2D eigenvalue weighted by Gasteiger charge is 2.13. The molecule has 3 nitrogen and oxygen atoms in total. The second-order valence-corrected chi connectivity index (χ2v) is 12.9. The van der Waals surface area contributed by atoms with E-state index in [2.05, 4.69) is 191 Å². The first-order valence-corrected chi connectivity index (χ1v) is 17.7. The summed E-state index contributed by atoms with van der Waals surface area (Å²) in [5, 5.41) is 7.02. The van der Waals surface area contributed by atoms with Crippen molar-refractivity contribution < 1.29 is 0 Å². The van der Waals surface area contributed by atoms with Crippen LogP contribution in [0.2, 0.25) is 0 Å². The van der Waals surface area contributed by atoms with Gasteiger partial charge in [0, 0.05) is 39.8 Å². The van der Waals surface area contributed by atoms with Gasteiger partial charge in [0.25, 0.3) is 0 Å². The number of nitrogens with one attached hydrogen (secondary N) is 2. The largest absolute Gasteiger partial charge is 0.356 e. The molecule has 2 N–H and O–H groups in total. The molecule has 8 rings (SSSR count). The summed E-state index contributed by atoms with van der Waals surface area (Å²) < 4.78 is 0. The minimum Gasteiger partial charge on any atom is -0.356 e. The summed E-state index contributed by atoms with van der Waals surface area (Å²) in [6.07, 6.45) is 0.819. The molecular weight excluding hydrogens is 631 g/mol. The van der Waals surface area contributed by atoms with Crippen LogP contribution in [0.1, 0.15) is 11.1 Å². The zero-order valence-corrected chi connectivity index (χ0v) is 28.9. The lowest BCUT2D eigenvalue weighted by atomic mass is 9.93. The molecule has 0 aliphatic heterocycles. The van der Waals surface area contributed by atoms with Gasteiger partial charge in [0.1, 0.15) is 0 Å². The van der Waals surface area contributed by atoms with E-state index < -0.39 is 0 Å². The van der Waals surface area contributed by atoms with Crippen molar-refractivity contribution >= 4 is 39.8 Å². The van der Waals surface area contributed by atoms with Gasteiger partial charge in [-0.1, -0.05) is 121 Å². The lowest BCUT2D eigenvalue weighted by molar-refractivity contribution is 1.18. The third-order valence-electron chi connectivity index (χ3n) is 9.19. The first-order valence-electron chi connectivity index (χ1n) is 17.7. The normalized spacial score (nSPS) is 10.8. The van der Waals surface area contributed by atoms with Gasteiger partial charge in [-0.3, -0.25) is 0 Å². The maximum absolute atomic E-state index is 3.51. The predicted molar refractivity (Wildman–Crippen MR) is 221 cm³/mol. The van der Waals surface area contributed by atoms with Crippen LogP contribution in [0.5, 0.6) is 0 Å².